The second-order valence-electron chi connectivity index (χ2n) is 3.71. The van der Waals surface area contributed by atoms with Gasteiger partial charge in [0.25, 0.3) is 0 Å². The quantitative estimate of drug-likeness (QED) is 0.777. The Balaban J connectivity index is 1.94. The van der Waals surface area contributed by atoms with Crippen LogP contribution >= 0.6 is 11.6 Å². The average Bonchev–Trinajstić information content (AvgIpc) is 2.72. The standard InChI is InChI=1S/C10H14ClN3O/c11-2-3-13-10(15)8-1-5-14-6-4-12-9(14)7-8/h4,6,8H,1-3,5,7H2,(H,13,15). The topological polar surface area (TPSA) is 46.9 Å². The van der Waals surface area contributed by atoms with Crippen molar-refractivity contribution in [1.29, 1.82) is 0 Å². The predicted molar refractivity (Wildman–Crippen MR) is 57.8 cm³/mol. The largest absolute Gasteiger partial charge is 0.355 e. The fraction of sp³-hybridized carbons (Fsp3) is 0.600. The first-order chi connectivity index (χ1) is 7.31. The zero-order valence-electron chi connectivity index (χ0n) is 8.45. The summed E-state index contributed by atoms with van der Waals surface area (Å²) in [5.41, 5.74) is 0. The first-order valence-electron chi connectivity index (χ1n) is 5.15. The van der Waals surface area contributed by atoms with Crippen molar-refractivity contribution in [3.8, 4) is 0 Å². The molecule has 0 radical (unpaired) electrons. The van der Waals surface area contributed by atoms with E-state index in [0.717, 1.165) is 25.2 Å². The van der Waals surface area contributed by atoms with Gasteiger partial charge >= 0.3 is 0 Å². The maximum atomic E-state index is 11.7. The molecular weight excluding hydrogens is 214 g/mol. The van der Waals surface area contributed by atoms with E-state index < -0.39 is 0 Å². The summed E-state index contributed by atoms with van der Waals surface area (Å²) in [5, 5.41) is 2.82. The SMILES string of the molecule is O=C(NCCCl)C1CCn2ccnc2C1. The monoisotopic (exact) mass is 227 g/mol. The normalized spacial score (nSPS) is 19.7. The Morgan fingerprint density at radius 2 is 2.60 bits per heavy atom. The van der Waals surface area contributed by atoms with Gasteiger partial charge in [0.15, 0.2) is 0 Å². The number of aromatic nitrogens is 2. The molecule has 0 aliphatic carbocycles. The number of halogens is 1. The van der Waals surface area contributed by atoms with Gasteiger partial charge in [-0.1, -0.05) is 0 Å². The molecule has 1 aromatic heterocycles. The van der Waals surface area contributed by atoms with E-state index in [1.54, 1.807) is 6.20 Å². The molecule has 2 heterocycles. The van der Waals surface area contributed by atoms with Gasteiger partial charge in [-0.2, -0.15) is 0 Å². The van der Waals surface area contributed by atoms with Gasteiger partial charge in [0, 0.05) is 43.7 Å². The van der Waals surface area contributed by atoms with Crippen LogP contribution in [0.5, 0.6) is 0 Å². The number of hydrogen-bond acceptors (Lipinski definition) is 2. The summed E-state index contributed by atoms with van der Waals surface area (Å²) in [4.78, 5) is 15.9. The van der Waals surface area contributed by atoms with Crippen LogP contribution in [0.1, 0.15) is 12.2 Å². The minimum absolute atomic E-state index is 0.0584. The van der Waals surface area contributed by atoms with Gasteiger partial charge < -0.3 is 9.88 Å². The molecule has 0 aromatic carbocycles. The molecule has 1 aliphatic heterocycles. The maximum absolute atomic E-state index is 11.7. The highest BCUT2D eigenvalue weighted by atomic mass is 35.5. The number of carbonyl (C=O) groups excluding carboxylic acids is 1. The Morgan fingerprint density at radius 1 is 1.73 bits per heavy atom. The fourth-order valence-electron chi connectivity index (χ4n) is 1.89. The lowest BCUT2D eigenvalue weighted by molar-refractivity contribution is -0.125. The van der Waals surface area contributed by atoms with Gasteiger partial charge in [-0.15, -0.1) is 11.6 Å². The molecule has 15 heavy (non-hydrogen) atoms. The lowest BCUT2D eigenvalue weighted by Crippen LogP contribution is -2.36. The van der Waals surface area contributed by atoms with Gasteiger partial charge in [-0.3, -0.25) is 4.79 Å². The van der Waals surface area contributed by atoms with E-state index in [4.69, 9.17) is 11.6 Å². The van der Waals surface area contributed by atoms with Gasteiger partial charge in [0.2, 0.25) is 5.91 Å². The van der Waals surface area contributed by atoms with Gasteiger partial charge in [0.05, 0.1) is 0 Å². The molecule has 1 aromatic rings. The van der Waals surface area contributed by atoms with Crippen LogP contribution in [0.3, 0.4) is 0 Å². The Hall–Kier alpha value is -1.03. The third kappa shape index (κ3) is 2.31. The van der Waals surface area contributed by atoms with Crippen LogP contribution in [0.4, 0.5) is 0 Å². The number of nitrogens with one attached hydrogen (secondary N) is 1. The molecule has 2 rings (SSSR count). The van der Waals surface area contributed by atoms with Gasteiger partial charge in [-0.25, -0.2) is 4.98 Å². The van der Waals surface area contributed by atoms with E-state index in [0.29, 0.717) is 12.4 Å². The van der Waals surface area contributed by atoms with Crippen LogP contribution in [-0.2, 0) is 17.8 Å². The summed E-state index contributed by atoms with van der Waals surface area (Å²) < 4.78 is 2.10. The molecule has 82 valence electrons. The lowest BCUT2D eigenvalue weighted by Gasteiger charge is -2.22. The van der Waals surface area contributed by atoms with Crippen molar-refractivity contribution < 1.29 is 4.79 Å². The summed E-state index contributed by atoms with van der Waals surface area (Å²) in [6.45, 7) is 1.43. The van der Waals surface area contributed by atoms with E-state index >= 15 is 0 Å². The fourth-order valence-corrected chi connectivity index (χ4v) is 1.98. The van der Waals surface area contributed by atoms with Crippen molar-refractivity contribution in [3.63, 3.8) is 0 Å². The Morgan fingerprint density at radius 3 is 3.40 bits per heavy atom. The van der Waals surface area contributed by atoms with Crippen LogP contribution in [0.15, 0.2) is 12.4 Å². The lowest BCUT2D eigenvalue weighted by atomic mass is 9.97. The van der Waals surface area contributed by atoms with Crippen molar-refractivity contribution in [2.45, 2.75) is 19.4 Å². The van der Waals surface area contributed by atoms with E-state index in [1.807, 2.05) is 6.20 Å². The Labute approximate surface area is 93.6 Å². The number of nitrogens with zero attached hydrogens (tertiary/aromatic N) is 2. The zero-order chi connectivity index (χ0) is 10.7. The highest BCUT2D eigenvalue weighted by Crippen LogP contribution is 2.18. The zero-order valence-corrected chi connectivity index (χ0v) is 9.20. The van der Waals surface area contributed by atoms with Gasteiger partial charge in [0.1, 0.15) is 5.82 Å². The number of alkyl halides is 1. The number of carbonyl (C=O) groups is 1. The molecule has 0 spiro atoms. The second kappa shape index (κ2) is 4.66. The summed E-state index contributed by atoms with van der Waals surface area (Å²) in [7, 11) is 0. The van der Waals surface area contributed by atoms with Crippen LogP contribution in [-0.4, -0.2) is 27.9 Å². The molecular formula is C10H14ClN3O. The molecule has 4 nitrogen and oxygen atoms in total. The maximum Gasteiger partial charge on any atom is 0.223 e. The minimum Gasteiger partial charge on any atom is -0.355 e. The third-order valence-electron chi connectivity index (χ3n) is 2.71. The number of rotatable bonds is 3. The molecule has 1 unspecified atom stereocenters. The first-order valence-corrected chi connectivity index (χ1v) is 5.68. The molecule has 1 aliphatic rings. The van der Waals surface area contributed by atoms with Crippen LogP contribution in [0, 0.1) is 5.92 Å². The van der Waals surface area contributed by atoms with Crippen LogP contribution < -0.4 is 5.32 Å². The molecule has 0 fully saturated rings. The van der Waals surface area contributed by atoms with E-state index in [1.165, 1.54) is 0 Å². The summed E-state index contributed by atoms with van der Waals surface area (Å²) in [5.74, 6) is 1.63. The molecule has 0 saturated carbocycles. The first kappa shape index (κ1) is 10.5. The van der Waals surface area contributed by atoms with Crippen LogP contribution in [0.25, 0.3) is 0 Å². The highest BCUT2D eigenvalue weighted by Gasteiger charge is 2.24. The van der Waals surface area contributed by atoms with Crippen molar-refractivity contribution in [2.24, 2.45) is 5.92 Å². The molecule has 1 N–H and O–H groups in total. The molecule has 5 heteroatoms. The average molecular weight is 228 g/mol. The molecule has 1 atom stereocenters. The molecule has 0 saturated heterocycles. The Bertz CT molecular complexity index is 350. The van der Waals surface area contributed by atoms with Crippen LogP contribution in [0.2, 0.25) is 0 Å². The number of fused-ring (bicyclic) bond motifs is 1. The minimum atomic E-state index is 0.0584. The highest BCUT2D eigenvalue weighted by molar-refractivity contribution is 6.18. The van der Waals surface area contributed by atoms with E-state index in [9.17, 15) is 4.79 Å². The summed E-state index contributed by atoms with van der Waals surface area (Å²) in [6, 6.07) is 0. The van der Waals surface area contributed by atoms with Crippen molar-refractivity contribution in [3.05, 3.63) is 18.2 Å². The van der Waals surface area contributed by atoms with E-state index in [2.05, 4.69) is 14.9 Å². The summed E-state index contributed by atoms with van der Waals surface area (Å²) in [6.07, 6.45) is 5.37. The molecule has 1 amide bonds. The summed E-state index contributed by atoms with van der Waals surface area (Å²) >= 11 is 5.52. The third-order valence-corrected chi connectivity index (χ3v) is 2.90. The van der Waals surface area contributed by atoms with Crippen molar-refractivity contribution in [1.82, 2.24) is 14.9 Å². The number of hydrogen-bond donors (Lipinski definition) is 1. The van der Waals surface area contributed by atoms with Crippen molar-refractivity contribution >= 4 is 17.5 Å². The predicted octanol–water partition coefficient (Wildman–Crippen LogP) is 0.800. The number of imidazole rings is 1. The molecule has 0 bridgehead atoms. The smallest absolute Gasteiger partial charge is 0.223 e. The number of amides is 1. The van der Waals surface area contributed by atoms with Crippen molar-refractivity contribution in [2.75, 3.05) is 12.4 Å². The second-order valence-corrected chi connectivity index (χ2v) is 4.08. The number of aryl methyl sites for hydroxylation is 1. The van der Waals surface area contributed by atoms with E-state index in [-0.39, 0.29) is 11.8 Å². The van der Waals surface area contributed by atoms with Gasteiger partial charge in [-0.05, 0) is 6.42 Å². The Kier molecular flexibility index (Phi) is 3.26.